The van der Waals surface area contributed by atoms with Gasteiger partial charge < -0.3 is 14.7 Å². The van der Waals surface area contributed by atoms with Crippen LogP contribution < -0.4 is 9.64 Å². The molecule has 272 valence electrons. The Kier molecular flexibility index (Phi) is 8.79. The molecule has 3 aliphatic rings. The highest BCUT2D eigenvalue weighted by atomic mass is 19.1. The third-order valence-corrected chi connectivity index (χ3v) is 11.2. The van der Waals surface area contributed by atoms with E-state index < -0.39 is 23.3 Å². The molecule has 6 heterocycles. The average molecular weight is 714 g/mol. The second kappa shape index (κ2) is 13.3. The lowest BCUT2D eigenvalue weighted by molar-refractivity contribution is 0.0795. The van der Waals surface area contributed by atoms with Crippen LogP contribution in [0.25, 0.3) is 32.9 Å². The number of benzene rings is 2. The van der Waals surface area contributed by atoms with Gasteiger partial charge in [-0.25, -0.2) is 17.9 Å². The number of piperidine rings is 1. The van der Waals surface area contributed by atoms with Gasteiger partial charge >= 0.3 is 6.01 Å². The second-order valence-electron chi connectivity index (χ2n) is 14.8. The van der Waals surface area contributed by atoms with E-state index in [2.05, 4.69) is 20.0 Å². The lowest BCUT2D eigenvalue weighted by atomic mass is 9.94. The fourth-order valence-corrected chi connectivity index (χ4v) is 8.49. The number of rotatable bonds is 8. The van der Waals surface area contributed by atoms with Gasteiger partial charge in [0, 0.05) is 49.9 Å². The number of anilines is 1. The van der Waals surface area contributed by atoms with Crippen molar-refractivity contribution >= 4 is 33.4 Å². The van der Waals surface area contributed by atoms with Gasteiger partial charge in [-0.2, -0.15) is 15.1 Å². The Morgan fingerprint density at radius 2 is 1.92 bits per heavy atom. The molecule has 3 aliphatic heterocycles. The van der Waals surface area contributed by atoms with Gasteiger partial charge in [0.15, 0.2) is 5.82 Å². The molecule has 1 N–H and O–H groups in total. The third kappa shape index (κ3) is 5.92. The summed E-state index contributed by atoms with van der Waals surface area (Å²) in [6.45, 7) is 8.11. The minimum atomic E-state index is -0.944. The molecule has 0 radical (unpaired) electrons. The van der Waals surface area contributed by atoms with Gasteiger partial charge in [0.2, 0.25) is 5.91 Å². The largest absolute Gasteiger partial charge is 0.508 e. The molecule has 10 nitrogen and oxygen atoms in total. The summed E-state index contributed by atoms with van der Waals surface area (Å²) in [7, 11) is 0. The minimum absolute atomic E-state index is 0.0394. The molecule has 52 heavy (non-hydrogen) atoms. The van der Waals surface area contributed by atoms with Gasteiger partial charge in [-0.1, -0.05) is 26.8 Å². The van der Waals surface area contributed by atoms with Crippen LogP contribution in [0.1, 0.15) is 74.8 Å². The topological polar surface area (TPSA) is 110 Å². The average Bonchev–Trinajstić information content (AvgIpc) is 3.86. The molecule has 3 saturated heterocycles. The fourth-order valence-electron chi connectivity index (χ4n) is 8.49. The van der Waals surface area contributed by atoms with E-state index in [1.165, 1.54) is 29.1 Å². The van der Waals surface area contributed by atoms with Crippen LogP contribution in [0.4, 0.5) is 19.0 Å². The number of fused-ring (bicyclic) bond motifs is 3. The standard InChI is InChI=1S/C39H42F3N7O3/c1-4-27-30(41)7-6-24-16-26(50)17-28(32(24)27)34-33(42)35-29(19-43-34)36(45-38(44-35)52-21-39-11-5-12-48(39)20-25(40)18-39)47-13-8-23(9-14-47)37(51)49-15-10-31(46-49)22(2)3/h6-7,10,15-17,19,22-23,25,50H,4-5,8-9,11-14,18,20-21H2,1-3H3/t25-,39+/m1/s1. The highest BCUT2D eigenvalue weighted by molar-refractivity contribution is 6.01. The number of hydrogen-bond donors (Lipinski definition) is 1. The number of hydrogen-bond acceptors (Lipinski definition) is 9. The predicted octanol–water partition coefficient (Wildman–Crippen LogP) is 7.22. The molecular weight excluding hydrogens is 671 g/mol. The van der Waals surface area contributed by atoms with E-state index in [0.29, 0.717) is 72.9 Å². The SMILES string of the molecule is CCc1c(F)ccc2cc(O)cc(-c3ncc4c(N5CCC(C(=O)n6ccc(C(C)C)n6)CC5)nc(OC[C@@]56CCCN5C[C@H](F)C6)nc4c3F)c12. The number of aromatic nitrogens is 5. The van der Waals surface area contributed by atoms with E-state index in [0.717, 1.165) is 25.1 Å². The van der Waals surface area contributed by atoms with Crippen molar-refractivity contribution in [3.8, 4) is 23.0 Å². The molecule has 0 saturated carbocycles. The van der Waals surface area contributed by atoms with Crippen molar-refractivity contribution in [1.29, 1.82) is 0 Å². The Labute approximate surface area is 299 Å². The zero-order valence-corrected chi connectivity index (χ0v) is 29.6. The first-order valence-electron chi connectivity index (χ1n) is 18.2. The molecule has 2 aromatic carbocycles. The number of ether oxygens (including phenoxy) is 1. The zero-order chi connectivity index (χ0) is 36.3. The molecule has 13 heteroatoms. The maximum Gasteiger partial charge on any atom is 0.319 e. The number of aromatic hydroxyl groups is 1. The molecular formula is C39H42F3N7O3. The number of carbonyl (C=O) groups excluding carboxylic acids is 1. The van der Waals surface area contributed by atoms with E-state index in [-0.39, 0.29) is 52.9 Å². The Morgan fingerprint density at radius 3 is 2.67 bits per heavy atom. The second-order valence-corrected chi connectivity index (χ2v) is 14.8. The molecule has 2 atom stereocenters. The summed E-state index contributed by atoms with van der Waals surface area (Å²) in [6, 6.07) is 7.63. The summed E-state index contributed by atoms with van der Waals surface area (Å²) < 4.78 is 54.3. The number of carbonyl (C=O) groups is 1. The van der Waals surface area contributed by atoms with Crippen LogP contribution >= 0.6 is 0 Å². The molecule has 5 aromatic rings. The van der Waals surface area contributed by atoms with E-state index in [9.17, 15) is 14.3 Å². The monoisotopic (exact) mass is 713 g/mol. The maximum atomic E-state index is 17.0. The van der Waals surface area contributed by atoms with Gasteiger partial charge in [-0.05, 0) is 85.2 Å². The van der Waals surface area contributed by atoms with E-state index in [4.69, 9.17) is 9.72 Å². The molecule has 0 aliphatic carbocycles. The Morgan fingerprint density at radius 1 is 1.12 bits per heavy atom. The number of alkyl halides is 1. The Bertz CT molecular complexity index is 2180. The van der Waals surface area contributed by atoms with Gasteiger partial charge in [0.05, 0.1) is 16.6 Å². The molecule has 0 spiro atoms. The first kappa shape index (κ1) is 34.3. The van der Waals surface area contributed by atoms with Crippen LogP contribution in [-0.4, -0.2) is 85.1 Å². The summed E-state index contributed by atoms with van der Waals surface area (Å²) in [5.41, 5.74) is 0.883. The maximum absolute atomic E-state index is 17.0. The predicted molar refractivity (Wildman–Crippen MR) is 192 cm³/mol. The van der Waals surface area contributed by atoms with Crippen LogP contribution in [0.5, 0.6) is 11.8 Å². The summed E-state index contributed by atoms with van der Waals surface area (Å²) in [6.07, 6.45) is 5.75. The molecule has 0 bridgehead atoms. The number of aryl methyl sites for hydroxylation is 1. The highest BCUT2D eigenvalue weighted by Crippen LogP contribution is 2.42. The minimum Gasteiger partial charge on any atom is -0.508 e. The smallest absolute Gasteiger partial charge is 0.319 e. The van der Waals surface area contributed by atoms with Crippen LogP contribution in [-0.2, 0) is 6.42 Å². The van der Waals surface area contributed by atoms with Crippen molar-refractivity contribution in [1.82, 2.24) is 29.6 Å². The first-order valence-corrected chi connectivity index (χ1v) is 18.2. The van der Waals surface area contributed by atoms with Crippen LogP contribution in [0.15, 0.2) is 42.7 Å². The number of phenols is 1. The number of nitrogens with zero attached hydrogens (tertiary/aromatic N) is 7. The van der Waals surface area contributed by atoms with Crippen molar-refractivity contribution < 1.29 is 27.8 Å². The van der Waals surface area contributed by atoms with Crippen LogP contribution in [0.3, 0.4) is 0 Å². The summed E-state index contributed by atoms with van der Waals surface area (Å²) >= 11 is 0. The number of phenolic OH excluding ortho intramolecular Hbond substituents is 1. The van der Waals surface area contributed by atoms with Crippen molar-refractivity contribution in [3.05, 3.63) is 65.6 Å². The third-order valence-electron chi connectivity index (χ3n) is 11.2. The molecule has 0 unspecified atom stereocenters. The van der Waals surface area contributed by atoms with Gasteiger partial charge in [0.1, 0.15) is 41.4 Å². The molecule has 3 fully saturated rings. The van der Waals surface area contributed by atoms with Crippen molar-refractivity contribution in [2.75, 3.05) is 37.7 Å². The van der Waals surface area contributed by atoms with Crippen LogP contribution in [0, 0.1) is 17.6 Å². The first-order chi connectivity index (χ1) is 25.0. The van der Waals surface area contributed by atoms with E-state index >= 15 is 8.78 Å². The normalized spacial score (nSPS) is 21.1. The zero-order valence-electron chi connectivity index (χ0n) is 29.6. The highest BCUT2D eigenvalue weighted by Gasteiger charge is 2.49. The Balaban J connectivity index is 1.18. The van der Waals surface area contributed by atoms with Gasteiger partial charge in [-0.15, -0.1) is 0 Å². The van der Waals surface area contributed by atoms with E-state index in [1.54, 1.807) is 12.3 Å². The van der Waals surface area contributed by atoms with Crippen molar-refractivity contribution in [2.45, 2.75) is 76.9 Å². The van der Waals surface area contributed by atoms with Crippen molar-refractivity contribution in [2.24, 2.45) is 5.92 Å². The number of pyridine rings is 1. The summed E-state index contributed by atoms with van der Waals surface area (Å²) in [5, 5.41) is 16.5. The molecule has 3 aromatic heterocycles. The summed E-state index contributed by atoms with van der Waals surface area (Å²) in [4.78, 5) is 31.4. The lowest BCUT2D eigenvalue weighted by Crippen LogP contribution is -2.43. The fraction of sp³-hybridized carbons (Fsp3) is 0.462. The molecule has 0 amide bonds. The van der Waals surface area contributed by atoms with Gasteiger partial charge in [0.25, 0.3) is 0 Å². The summed E-state index contributed by atoms with van der Waals surface area (Å²) in [5.74, 6) is -0.998. The van der Waals surface area contributed by atoms with Crippen molar-refractivity contribution in [3.63, 3.8) is 0 Å². The van der Waals surface area contributed by atoms with Crippen LogP contribution in [0.2, 0.25) is 0 Å². The quantitative estimate of drug-likeness (QED) is 0.178. The Hall–Kier alpha value is -4.78. The van der Waals surface area contributed by atoms with Gasteiger partial charge in [-0.3, -0.25) is 14.7 Å². The number of halogens is 3. The lowest BCUT2D eigenvalue weighted by Gasteiger charge is -2.33. The molecule has 8 rings (SSSR count). The van der Waals surface area contributed by atoms with E-state index in [1.807, 2.05) is 31.7 Å².